The minimum atomic E-state index is 0.530. The Morgan fingerprint density at radius 2 is 0.719 bits per heavy atom. The molecule has 0 aliphatic heterocycles. The molecule has 0 fully saturated rings. The molecule has 6 aromatic rings. The van der Waals surface area contributed by atoms with Gasteiger partial charge in [0.15, 0.2) is 0 Å². The van der Waals surface area contributed by atoms with E-state index in [9.17, 15) is 24.0 Å². The first-order valence-corrected chi connectivity index (χ1v) is 17.0. The van der Waals surface area contributed by atoms with Crippen molar-refractivity contribution in [3.63, 3.8) is 0 Å². The summed E-state index contributed by atoms with van der Waals surface area (Å²) in [7, 11) is 0. The van der Waals surface area contributed by atoms with Crippen LogP contribution in [0.25, 0.3) is 0 Å². The molecule has 12 nitrogen and oxygen atoms in total. The summed E-state index contributed by atoms with van der Waals surface area (Å²) in [5, 5.41) is 8.39. The van der Waals surface area contributed by atoms with Gasteiger partial charge in [0, 0.05) is 6.42 Å². The number of nitriles is 1. The van der Waals surface area contributed by atoms with E-state index < -0.39 is 0 Å². The van der Waals surface area contributed by atoms with E-state index in [1.165, 1.54) is 24.3 Å². The second-order valence-electron chi connectivity index (χ2n) is 11.6. The summed E-state index contributed by atoms with van der Waals surface area (Å²) in [6.45, 7) is 0. The van der Waals surface area contributed by atoms with Crippen LogP contribution in [0.2, 0.25) is 0 Å². The fourth-order valence-electron chi connectivity index (χ4n) is 5.33. The molecule has 57 heavy (non-hydrogen) atoms. The number of carbonyl (C=O) groups excluding carboxylic acids is 5. The maximum Gasteiger partial charge on any atom is 0.292 e. The quantitative estimate of drug-likeness (QED) is 0.0678. The molecule has 6 rings (SSSR count). The lowest BCUT2D eigenvalue weighted by molar-refractivity contribution is 0.507. The van der Waals surface area contributed by atoms with Gasteiger partial charge in [0.25, 0.3) is 6.26 Å². The van der Waals surface area contributed by atoms with Gasteiger partial charge in [-0.15, -0.1) is 5.26 Å². The van der Waals surface area contributed by atoms with Gasteiger partial charge in [-0.05, 0) is 101 Å². The second kappa shape index (κ2) is 23.2. The zero-order valence-electron chi connectivity index (χ0n) is 30.1. The van der Waals surface area contributed by atoms with E-state index in [0.29, 0.717) is 47.0 Å². The Balaban J connectivity index is 0.000000189. The number of aliphatic imine (C=N–C) groups is 5. The van der Waals surface area contributed by atoms with E-state index in [4.69, 9.17) is 10.00 Å². The average molecular weight is 751 g/mol. The van der Waals surface area contributed by atoms with Gasteiger partial charge in [-0.2, -0.15) is 25.0 Å². The third-order valence-corrected chi connectivity index (χ3v) is 7.97. The molecule has 0 radical (unpaired) electrons. The number of hydrogen-bond donors (Lipinski definition) is 0. The lowest BCUT2D eigenvalue weighted by atomic mass is 10.0. The van der Waals surface area contributed by atoms with Gasteiger partial charge in [0.05, 0.1) is 28.4 Å². The number of benzene rings is 6. The van der Waals surface area contributed by atoms with Crippen molar-refractivity contribution in [1.29, 1.82) is 5.26 Å². The van der Waals surface area contributed by atoms with Gasteiger partial charge in [0.2, 0.25) is 30.4 Å². The molecule has 276 valence electrons. The molecular weight excluding hydrogens is 721 g/mol. The average Bonchev–Trinajstić information content (AvgIpc) is 3.23. The standard InChI is InChI=1S/3C15H10N2O2/c16-10-19-15-7-3-13(4-8-15)9-12-1-5-14(6-2-12)17-11-18;18-10-16-14-7-3-1-5-12(14)9-13-6-2-4-8-15(13)17-11-19;18-10-16-14-7-5-12(6-8-14)9-13-3-1-2-4-15(13)17-11-19/h3*1-8H,9H2. The molecule has 0 saturated carbocycles. The zero-order valence-corrected chi connectivity index (χ0v) is 30.1. The number of nitrogens with zero attached hydrogens (tertiary/aromatic N) is 6. The van der Waals surface area contributed by atoms with Gasteiger partial charge in [-0.25, -0.2) is 24.0 Å². The van der Waals surface area contributed by atoms with Gasteiger partial charge >= 0.3 is 0 Å². The summed E-state index contributed by atoms with van der Waals surface area (Å²) < 4.78 is 4.71. The SMILES string of the molecule is N#COc1ccc(Cc2ccc(N=C=O)cc2)cc1.O=C=Nc1ccc(Cc2ccccc2N=C=O)cc1.O=C=Nc1ccccc1Cc1ccccc1N=C=O. The molecule has 0 spiro atoms. The maximum atomic E-state index is 10.4. The summed E-state index contributed by atoms with van der Waals surface area (Å²) >= 11 is 0. The van der Waals surface area contributed by atoms with Gasteiger partial charge in [-0.3, -0.25) is 0 Å². The van der Waals surface area contributed by atoms with Crippen molar-refractivity contribution in [2.24, 2.45) is 25.0 Å². The highest BCUT2D eigenvalue weighted by Crippen LogP contribution is 2.27. The molecule has 0 saturated heterocycles. The summed E-state index contributed by atoms with van der Waals surface area (Å²) in [5.74, 6) is 0.530. The maximum absolute atomic E-state index is 10.4. The largest absolute Gasteiger partial charge is 0.388 e. The smallest absolute Gasteiger partial charge is 0.292 e. The van der Waals surface area contributed by atoms with E-state index in [0.717, 1.165) is 39.8 Å². The molecule has 0 amide bonds. The Morgan fingerprint density at radius 1 is 0.386 bits per heavy atom. The first-order valence-electron chi connectivity index (χ1n) is 17.0. The van der Waals surface area contributed by atoms with Crippen molar-refractivity contribution >= 4 is 58.8 Å². The normalized spacial score (nSPS) is 9.25. The monoisotopic (exact) mass is 750 g/mol. The Morgan fingerprint density at radius 3 is 1.09 bits per heavy atom. The molecule has 0 N–H and O–H groups in total. The van der Waals surface area contributed by atoms with Crippen LogP contribution >= 0.6 is 0 Å². The predicted octanol–water partition coefficient (Wildman–Crippen LogP) is 9.53. The molecule has 6 aromatic carbocycles. The van der Waals surface area contributed by atoms with Crippen LogP contribution in [0, 0.1) is 11.5 Å². The topological polar surface area (TPSA) is 180 Å². The van der Waals surface area contributed by atoms with Crippen molar-refractivity contribution in [3.05, 3.63) is 179 Å². The first kappa shape index (κ1) is 41.3. The summed E-state index contributed by atoms with van der Waals surface area (Å²) in [6.07, 6.45) is 11.2. The lowest BCUT2D eigenvalue weighted by Gasteiger charge is -2.06. The van der Waals surface area contributed by atoms with Gasteiger partial charge in [-0.1, -0.05) is 91.0 Å². The molecular formula is C45H30N6O6. The lowest BCUT2D eigenvalue weighted by Crippen LogP contribution is -1.89. The zero-order chi connectivity index (χ0) is 40.5. The van der Waals surface area contributed by atoms with E-state index in [1.807, 2.05) is 78.9 Å². The summed E-state index contributed by atoms with van der Waals surface area (Å²) in [4.78, 5) is 69.4. The molecule has 0 bridgehead atoms. The number of ether oxygens (including phenoxy) is 1. The molecule has 0 aromatic heterocycles. The van der Waals surface area contributed by atoms with Crippen molar-refractivity contribution < 1.29 is 28.7 Å². The first-order chi connectivity index (χ1) is 28.0. The van der Waals surface area contributed by atoms with Crippen molar-refractivity contribution in [2.45, 2.75) is 19.3 Å². The van der Waals surface area contributed by atoms with Crippen LogP contribution in [0.3, 0.4) is 0 Å². The van der Waals surface area contributed by atoms with Crippen LogP contribution in [-0.2, 0) is 43.2 Å². The Hall–Kier alpha value is -8.49. The number of para-hydroxylation sites is 3. The fraction of sp³-hybridized carbons (Fsp3) is 0.0667. The number of rotatable bonds is 12. The van der Waals surface area contributed by atoms with Crippen LogP contribution in [0.1, 0.15) is 33.4 Å². The van der Waals surface area contributed by atoms with Crippen LogP contribution in [0.5, 0.6) is 5.75 Å². The van der Waals surface area contributed by atoms with Crippen LogP contribution < -0.4 is 4.74 Å². The van der Waals surface area contributed by atoms with Crippen molar-refractivity contribution in [3.8, 4) is 12.0 Å². The molecule has 0 heterocycles. The minimum absolute atomic E-state index is 0.530. The van der Waals surface area contributed by atoms with Gasteiger partial charge < -0.3 is 4.74 Å². The van der Waals surface area contributed by atoms with E-state index in [-0.39, 0.29) is 0 Å². The van der Waals surface area contributed by atoms with E-state index in [1.54, 1.807) is 79.1 Å². The highest BCUT2D eigenvalue weighted by Gasteiger charge is 2.06. The van der Waals surface area contributed by atoms with E-state index in [2.05, 4.69) is 25.0 Å². The number of isocyanates is 5. The van der Waals surface area contributed by atoms with Crippen LogP contribution in [0.15, 0.2) is 171 Å². The van der Waals surface area contributed by atoms with Gasteiger partial charge in [0.1, 0.15) is 5.75 Å². The molecule has 0 aliphatic carbocycles. The van der Waals surface area contributed by atoms with Crippen LogP contribution in [-0.4, -0.2) is 30.4 Å². The third-order valence-electron chi connectivity index (χ3n) is 7.97. The van der Waals surface area contributed by atoms with Crippen molar-refractivity contribution in [1.82, 2.24) is 0 Å². The molecule has 0 atom stereocenters. The highest BCUT2D eigenvalue weighted by atomic mass is 16.5. The Bertz CT molecular complexity index is 2490. The number of hydrogen-bond acceptors (Lipinski definition) is 12. The summed E-state index contributed by atoms with van der Waals surface area (Å²) in [6, 6.07) is 43.9. The Kier molecular flexibility index (Phi) is 16.8. The fourth-order valence-corrected chi connectivity index (χ4v) is 5.33. The molecule has 12 heteroatoms. The van der Waals surface area contributed by atoms with Crippen molar-refractivity contribution in [2.75, 3.05) is 0 Å². The van der Waals surface area contributed by atoms with E-state index >= 15 is 0 Å². The minimum Gasteiger partial charge on any atom is -0.388 e. The molecule has 0 aliphatic rings. The van der Waals surface area contributed by atoms with Crippen LogP contribution in [0.4, 0.5) is 28.4 Å². The summed E-state index contributed by atoms with van der Waals surface area (Å²) in [5.41, 5.74) is 8.87. The predicted molar refractivity (Wildman–Crippen MR) is 212 cm³/mol. The third kappa shape index (κ3) is 13.8. The Labute approximate surface area is 327 Å². The highest BCUT2D eigenvalue weighted by molar-refractivity contribution is 5.59. The molecule has 0 unspecified atom stereocenters. The second-order valence-corrected chi connectivity index (χ2v) is 11.6.